The first-order valence-electron chi connectivity index (χ1n) is 7.36. The van der Waals surface area contributed by atoms with E-state index >= 15 is 0 Å². The fraction of sp³-hybridized carbons (Fsp3) is 0.857. The van der Waals surface area contributed by atoms with Crippen molar-refractivity contribution in [2.24, 2.45) is 5.92 Å². The maximum atomic E-state index is 12.3. The van der Waals surface area contributed by atoms with Gasteiger partial charge in [0.25, 0.3) is 0 Å². The van der Waals surface area contributed by atoms with Gasteiger partial charge in [-0.1, -0.05) is 13.3 Å². The van der Waals surface area contributed by atoms with Crippen LogP contribution < -0.4 is 5.32 Å². The van der Waals surface area contributed by atoms with Crippen LogP contribution in [-0.2, 0) is 9.59 Å². The van der Waals surface area contributed by atoms with Crippen LogP contribution in [0.4, 0.5) is 0 Å². The van der Waals surface area contributed by atoms with Crippen molar-refractivity contribution >= 4 is 11.8 Å². The summed E-state index contributed by atoms with van der Waals surface area (Å²) in [5.74, 6) is 0.604. The van der Waals surface area contributed by atoms with Gasteiger partial charge in [0.05, 0.1) is 6.54 Å². The Morgan fingerprint density at radius 2 is 2.16 bits per heavy atom. The molecule has 0 saturated carbocycles. The van der Waals surface area contributed by atoms with Crippen molar-refractivity contribution in [2.75, 3.05) is 33.2 Å². The predicted molar refractivity (Wildman–Crippen MR) is 73.6 cm³/mol. The molecule has 5 nitrogen and oxygen atoms in total. The molecule has 2 aliphatic rings. The second-order valence-corrected chi connectivity index (χ2v) is 5.90. The molecule has 0 spiro atoms. The Morgan fingerprint density at radius 1 is 1.37 bits per heavy atom. The van der Waals surface area contributed by atoms with Gasteiger partial charge in [-0.3, -0.25) is 9.59 Å². The van der Waals surface area contributed by atoms with Gasteiger partial charge in [-0.25, -0.2) is 0 Å². The Labute approximate surface area is 115 Å². The second kappa shape index (κ2) is 6.37. The van der Waals surface area contributed by atoms with E-state index in [9.17, 15) is 9.59 Å². The van der Waals surface area contributed by atoms with E-state index in [1.807, 2.05) is 6.92 Å². The summed E-state index contributed by atoms with van der Waals surface area (Å²) < 4.78 is 0. The zero-order valence-electron chi connectivity index (χ0n) is 12.0. The first-order chi connectivity index (χ1) is 9.10. The van der Waals surface area contributed by atoms with Crippen LogP contribution in [0, 0.1) is 5.92 Å². The average molecular weight is 267 g/mol. The van der Waals surface area contributed by atoms with Crippen molar-refractivity contribution in [3.63, 3.8) is 0 Å². The molecule has 2 fully saturated rings. The minimum Gasteiger partial charge on any atom is -0.343 e. The molecule has 19 heavy (non-hydrogen) atoms. The quantitative estimate of drug-likeness (QED) is 0.805. The van der Waals surface area contributed by atoms with Crippen molar-refractivity contribution < 1.29 is 9.59 Å². The van der Waals surface area contributed by atoms with Crippen LogP contribution in [0.25, 0.3) is 0 Å². The number of nitrogens with one attached hydrogen (secondary N) is 1. The molecule has 2 unspecified atom stereocenters. The first kappa shape index (κ1) is 14.3. The number of piperidine rings is 1. The lowest BCUT2D eigenvalue weighted by atomic mass is 9.97. The van der Waals surface area contributed by atoms with Crippen LogP contribution in [0.15, 0.2) is 0 Å². The van der Waals surface area contributed by atoms with Gasteiger partial charge in [0.2, 0.25) is 11.8 Å². The topological polar surface area (TPSA) is 52.7 Å². The number of amides is 2. The van der Waals surface area contributed by atoms with Gasteiger partial charge in [-0.05, 0) is 38.8 Å². The van der Waals surface area contributed by atoms with Gasteiger partial charge in [-0.15, -0.1) is 0 Å². The van der Waals surface area contributed by atoms with Crippen LogP contribution >= 0.6 is 0 Å². The SMILES string of the molecule is CCCC1NC(=O)CN(CC2CCCN(C)C2)C1=O. The summed E-state index contributed by atoms with van der Waals surface area (Å²) in [7, 11) is 2.12. The molecule has 0 aromatic heterocycles. The van der Waals surface area contributed by atoms with E-state index in [-0.39, 0.29) is 24.4 Å². The molecule has 0 aliphatic carbocycles. The normalized spacial score (nSPS) is 29.5. The summed E-state index contributed by atoms with van der Waals surface area (Å²) in [6.45, 7) is 5.18. The highest BCUT2D eigenvalue weighted by molar-refractivity contribution is 5.94. The van der Waals surface area contributed by atoms with Gasteiger partial charge in [0.1, 0.15) is 6.04 Å². The summed E-state index contributed by atoms with van der Waals surface area (Å²) in [6.07, 6.45) is 4.00. The van der Waals surface area contributed by atoms with Gasteiger partial charge >= 0.3 is 0 Å². The lowest BCUT2D eigenvalue weighted by Gasteiger charge is -2.37. The molecular formula is C14H25N3O2. The largest absolute Gasteiger partial charge is 0.343 e. The second-order valence-electron chi connectivity index (χ2n) is 5.90. The number of hydrogen-bond acceptors (Lipinski definition) is 3. The number of hydrogen-bond donors (Lipinski definition) is 1. The highest BCUT2D eigenvalue weighted by Gasteiger charge is 2.33. The number of carbonyl (C=O) groups excluding carboxylic acids is 2. The lowest BCUT2D eigenvalue weighted by molar-refractivity contribution is -0.145. The molecule has 2 rings (SSSR count). The van der Waals surface area contributed by atoms with Crippen molar-refractivity contribution in [1.29, 1.82) is 0 Å². The maximum Gasteiger partial charge on any atom is 0.245 e. The Bertz CT molecular complexity index is 346. The van der Waals surface area contributed by atoms with Gasteiger partial charge in [0.15, 0.2) is 0 Å². The summed E-state index contributed by atoms with van der Waals surface area (Å²) in [6, 6.07) is -0.299. The highest BCUT2D eigenvalue weighted by Crippen LogP contribution is 2.18. The van der Waals surface area contributed by atoms with Crippen LogP contribution in [-0.4, -0.2) is 60.9 Å². The van der Waals surface area contributed by atoms with E-state index in [0.717, 1.165) is 38.9 Å². The van der Waals surface area contributed by atoms with Crippen LogP contribution in [0.5, 0.6) is 0 Å². The molecule has 1 N–H and O–H groups in total. The Balaban J connectivity index is 1.94. The summed E-state index contributed by atoms with van der Waals surface area (Å²) in [4.78, 5) is 28.1. The molecule has 0 aromatic rings. The standard InChI is InChI=1S/C14H25N3O2/c1-3-5-12-14(19)17(10-13(18)15-12)9-11-6-4-7-16(2)8-11/h11-12H,3-10H2,1-2H3,(H,15,18). The van der Waals surface area contributed by atoms with E-state index in [1.165, 1.54) is 6.42 Å². The molecule has 2 amide bonds. The van der Waals surface area contributed by atoms with Gasteiger partial charge in [-0.2, -0.15) is 0 Å². The Kier molecular flexibility index (Phi) is 4.80. The van der Waals surface area contributed by atoms with Gasteiger partial charge < -0.3 is 15.1 Å². The number of rotatable bonds is 4. The number of piperazine rings is 1. The average Bonchev–Trinajstić information content (AvgIpc) is 2.35. The third-order valence-electron chi connectivity index (χ3n) is 4.06. The van der Waals surface area contributed by atoms with Crippen LogP contribution in [0.3, 0.4) is 0 Å². The zero-order chi connectivity index (χ0) is 13.8. The highest BCUT2D eigenvalue weighted by atomic mass is 16.2. The minimum atomic E-state index is -0.299. The molecule has 0 bridgehead atoms. The molecular weight excluding hydrogens is 242 g/mol. The maximum absolute atomic E-state index is 12.3. The number of carbonyl (C=O) groups is 2. The summed E-state index contributed by atoms with van der Waals surface area (Å²) >= 11 is 0. The molecule has 108 valence electrons. The van der Waals surface area contributed by atoms with Crippen LogP contribution in [0.2, 0.25) is 0 Å². The van der Waals surface area contributed by atoms with Crippen molar-refractivity contribution in [2.45, 2.75) is 38.6 Å². The molecule has 2 heterocycles. The lowest BCUT2D eigenvalue weighted by Crippen LogP contribution is -2.59. The molecule has 2 aliphatic heterocycles. The fourth-order valence-electron chi connectivity index (χ4n) is 3.15. The first-order valence-corrected chi connectivity index (χ1v) is 7.36. The van der Waals surface area contributed by atoms with E-state index < -0.39 is 0 Å². The summed E-state index contributed by atoms with van der Waals surface area (Å²) in [5, 5.41) is 2.80. The Hall–Kier alpha value is -1.10. The van der Waals surface area contributed by atoms with E-state index in [1.54, 1.807) is 4.90 Å². The van der Waals surface area contributed by atoms with Crippen LogP contribution in [0.1, 0.15) is 32.6 Å². The number of likely N-dealkylation sites (tertiary alicyclic amines) is 1. The fourth-order valence-corrected chi connectivity index (χ4v) is 3.15. The smallest absolute Gasteiger partial charge is 0.245 e. The minimum absolute atomic E-state index is 0.0118. The summed E-state index contributed by atoms with van der Waals surface area (Å²) in [5.41, 5.74) is 0. The molecule has 0 radical (unpaired) electrons. The molecule has 0 aromatic carbocycles. The third-order valence-corrected chi connectivity index (χ3v) is 4.06. The van der Waals surface area contributed by atoms with E-state index in [2.05, 4.69) is 17.3 Å². The van der Waals surface area contributed by atoms with E-state index in [4.69, 9.17) is 0 Å². The monoisotopic (exact) mass is 267 g/mol. The van der Waals surface area contributed by atoms with E-state index in [0.29, 0.717) is 5.92 Å². The molecule has 2 atom stereocenters. The van der Waals surface area contributed by atoms with Gasteiger partial charge in [0, 0.05) is 13.1 Å². The molecule has 2 saturated heterocycles. The number of nitrogens with zero attached hydrogens (tertiary/aromatic N) is 2. The molecule has 5 heteroatoms. The zero-order valence-corrected chi connectivity index (χ0v) is 12.0. The van der Waals surface area contributed by atoms with Crippen molar-refractivity contribution in [1.82, 2.24) is 15.1 Å². The van der Waals surface area contributed by atoms with Crippen molar-refractivity contribution in [3.8, 4) is 0 Å². The third kappa shape index (κ3) is 3.69. The van der Waals surface area contributed by atoms with Crippen molar-refractivity contribution in [3.05, 3.63) is 0 Å². The Morgan fingerprint density at radius 3 is 2.84 bits per heavy atom. The predicted octanol–water partition coefficient (Wildman–Crippen LogP) is 0.455.